The van der Waals surface area contributed by atoms with Crippen molar-refractivity contribution in [2.24, 2.45) is 0 Å². The van der Waals surface area contributed by atoms with Crippen LogP contribution in [0.3, 0.4) is 0 Å². The number of carbonyl (C=O) groups is 1. The molecule has 190 valence electrons. The van der Waals surface area contributed by atoms with E-state index in [4.69, 9.17) is 17.0 Å². The normalized spacial score (nSPS) is 12.2. The molecule has 11 heteroatoms. The Morgan fingerprint density at radius 1 is 0.778 bits per heavy atom. The Morgan fingerprint density at radius 3 is 1.83 bits per heavy atom. The van der Waals surface area contributed by atoms with E-state index in [1.807, 2.05) is 0 Å². The molecule has 0 aliphatic rings. The highest BCUT2D eigenvalue weighted by Gasteiger charge is 2.73. The second-order valence-corrected chi connectivity index (χ2v) is 8.25. The number of carbonyl (C=O) groups excluding carboxylic acids is 1. The van der Waals surface area contributed by atoms with E-state index in [1.54, 1.807) is 36.4 Å². The monoisotopic (exact) mass is 529 g/mol. The van der Waals surface area contributed by atoms with Crippen LogP contribution in [0.2, 0.25) is 0 Å². The molecule has 0 radical (unpaired) electrons. The molecule has 3 nitrogen and oxygen atoms in total. The molecular weight excluding hydrogens is 511 g/mol. The van der Waals surface area contributed by atoms with E-state index < -0.39 is 29.5 Å². The molecule has 36 heavy (non-hydrogen) atoms. The Bertz CT molecular complexity index is 1250. The van der Waals surface area contributed by atoms with E-state index in [-0.39, 0.29) is 33.2 Å². The van der Waals surface area contributed by atoms with Gasteiger partial charge in [-0.15, -0.1) is 0 Å². The van der Waals surface area contributed by atoms with Gasteiger partial charge in [-0.1, -0.05) is 48.5 Å². The number of nitrogens with one attached hydrogen (secondary N) is 1. The largest absolute Gasteiger partial charge is 0.445 e. The van der Waals surface area contributed by atoms with Gasteiger partial charge in [-0.05, 0) is 55.4 Å². The third-order valence-electron chi connectivity index (χ3n) is 5.27. The lowest BCUT2D eigenvalue weighted by Crippen LogP contribution is -2.50. The lowest BCUT2D eigenvalue weighted by Gasteiger charge is -2.31. The van der Waals surface area contributed by atoms with Crippen molar-refractivity contribution in [3.63, 3.8) is 0 Å². The maximum absolute atomic E-state index is 14.5. The van der Waals surface area contributed by atoms with Gasteiger partial charge in [0.05, 0.1) is 0 Å². The number of hydrogen-bond donors (Lipinski definition) is 1. The molecule has 0 aliphatic carbocycles. The zero-order valence-corrected chi connectivity index (χ0v) is 19.5. The number of hydrogen-bond acceptors (Lipinski definition) is 3. The third kappa shape index (κ3) is 5.35. The molecule has 0 saturated carbocycles. The summed E-state index contributed by atoms with van der Waals surface area (Å²) in [4.78, 5) is 12.8. The molecule has 1 amide bonds. The minimum atomic E-state index is -6.24. The zero-order valence-electron chi connectivity index (χ0n) is 18.7. The number of rotatable bonds is 5. The van der Waals surface area contributed by atoms with Gasteiger partial charge in [0.15, 0.2) is 5.05 Å². The highest BCUT2D eigenvalue weighted by atomic mass is 32.1. The van der Waals surface area contributed by atoms with Crippen LogP contribution >= 0.6 is 12.2 Å². The first-order valence-electron chi connectivity index (χ1n) is 10.3. The van der Waals surface area contributed by atoms with Crippen LogP contribution in [0, 0.1) is 13.8 Å². The van der Waals surface area contributed by atoms with Gasteiger partial charge >= 0.3 is 18.0 Å². The Morgan fingerprint density at radius 2 is 1.31 bits per heavy atom. The molecule has 0 saturated heterocycles. The van der Waals surface area contributed by atoms with Gasteiger partial charge in [-0.3, -0.25) is 4.79 Å². The molecule has 0 fully saturated rings. The maximum atomic E-state index is 14.5. The molecule has 0 atom stereocenters. The SMILES string of the molecule is Cc1cc(C(F)(C(F)(F)F)C(F)(F)F)cc(C)c1NC(=O)c1cccc(OC(=S)c2ccccc2)c1. The van der Waals surface area contributed by atoms with E-state index >= 15 is 0 Å². The summed E-state index contributed by atoms with van der Waals surface area (Å²) >= 11 is 5.23. The summed E-state index contributed by atoms with van der Waals surface area (Å²) in [5, 5.41) is 2.60. The fourth-order valence-corrected chi connectivity index (χ4v) is 3.71. The van der Waals surface area contributed by atoms with Crippen molar-refractivity contribution in [3.8, 4) is 5.75 Å². The first-order valence-corrected chi connectivity index (χ1v) is 10.7. The van der Waals surface area contributed by atoms with Crippen molar-refractivity contribution in [1.29, 1.82) is 0 Å². The molecular formula is C25H18F7NO2S. The van der Waals surface area contributed by atoms with Crippen LogP contribution in [0.1, 0.15) is 32.6 Å². The fourth-order valence-electron chi connectivity index (χ4n) is 3.47. The van der Waals surface area contributed by atoms with E-state index in [1.165, 1.54) is 18.2 Å². The summed E-state index contributed by atoms with van der Waals surface area (Å²) < 4.78 is 98.9. The molecule has 3 aromatic carbocycles. The maximum Gasteiger partial charge on any atom is 0.435 e. The Balaban J connectivity index is 1.87. The predicted molar refractivity (Wildman–Crippen MR) is 124 cm³/mol. The van der Waals surface area contributed by atoms with Gasteiger partial charge in [-0.25, -0.2) is 4.39 Å². The van der Waals surface area contributed by atoms with Gasteiger partial charge < -0.3 is 10.1 Å². The smallest absolute Gasteiger partial charge is 0.435 e. The minimum Gasteiger partial charge on any atom is -0.445 e. The summed E-state index contributed by atoms with van der Waals surface area (Å²) in [6, 6.07) is 15.5. The third-order valence-corrected chi connectivity index (χ3v) is 5.59. The van der Waals surface area contributed by atoms with Crippen LogP contribution in [0.5, 0.6) is 5.75 Å². The Kier molecular flexibility index (Phi) is 7.45. The highest BCUT2D eigenvalue weighted by Crippen LogP contribution is 2.53. The van der Waals surface area contributed by atoms with E-state index in [2.05, 4.69) is 5.32 Å². The first kappa shape index (κ1) is 27.1. The first-order chi connectivity index (χ1) is 16.6. The quantitative estimate of drug-likeness (QED) is 0.273. The average molecular weight is 529 g/mol. The van der Waals surface area contributed by atoms with Crippen molar-refractivity contribution in [2.45, 2.75) is 31.9 Å². The predicted octanol–water partition coefficient (Wildman–Crippen LogP) is 7.60. The van der Waals surface area contributed by atoms with Crippen LogP contribution in [0.4, 0.5) is 36.4 Å². The van der Waals surface area contributed by atoms with E-state index in [0.717, 1.165) is 13.8 Å². The molecule has 0 spiro atoms. The minimum absolute atomic E-state index is 0.0541. The number of ether oxygens (including phenoxy) is 1. The van der Waals surface area contributed by atoms with Crippen molar-refractivity contribution in [1.82, 2.24) is 0 Å². The van der Waals surface area contributed by atoms with Crippen molar-refractivity contribution in [3.05, 3.63) is 94.5 Å². The number of benzene rings is 3. The molecule has 0 aliphatic heterocycles. The zero-order chi connectivity index (χ0) is 26.9. The Labute approximate surface area is 206 Å². The van der Waals surface area contributed by atoms with E-state index in [9.17, 15) is 35.5 Å². The molecule has 0 unspecified atom stereocenters. The number of thiocarbonyl (C=S) groups is 1. The van der Waals surface area contributed by atoms with Crippen LogP contribution in [-0.2, 0) is 5.67 Å². The van der Waals surface area contributed by atoms with Crippen LogP contribution < -0.4 is 10.1 Å². The average Bonchev–Trinajstić information content (AvgIpc) is 2.79. The lowest BCUT2D eigenvalue weighted by molar-refractivity contribution is -0.348. The van der Waals surface area contributed by atoms with Crippen LogP contribution in [-0.4, -0.2) is 23.3 Å². The number of halogens is 7. The summed E-state index contributed by atoms with van der Waals surface area (Å²) in [6.07, 6.45) is -12.5. The second-order valence-electron chi connectivity index (χ2n) is 7.88. The number of alkyl halides is 7. The van der Waals surface area contributed by atoms with Gasteiger partial charge in [-0.2, -0.15) is 26.3 Å². The van der Waals surface area contributed by atoms with Crippen molar-refractivity contribution < 1.29 is 40.3 Å². The van der Waals surface area contributed by atoms with Crippen LogP contribution in [0.15, 0.2) is 66.7 Å². The van der Waals surface area contributed by atoms with Crippen LogP contribution in [0.25, 0.3) is 0 Å². The van der Waals surface area contributed by atoms with E-state index in [0.29, 0.717) is 17.7 Å². The fraction of sp³-hybridized carbons (Fsp3) is 0.200. The summed E-state index contributed by atoms with van der Waals surface area (Å²) in [5.41, 5.74) is -6.91. The highest BCUT2D eigenvalue weighted by molar-refractivity contribution is 7.80. The van der Waals surface area contributed by atoms with Crippen molar-refractivity contribution in [2.75, 3.05) is 5.32 Å². The lowest BCUT2D eigenvalue weighted by atomic mass is 9.90. The second kappa shape index (κ2) is 9.88. The molecule has 0 bridgehead atoms. The van der Waals surface area contributed by atoms with Gasteiger partial charge in [0, 0.05) is 22.4 Å². The molecule has 0 heterocycles. The standard InChI is InChI=1S/C25H18F7NO2S/c1-14-11-18(23(26,24(27,28)29)25(30,31)32)12-15(2)20(14)33-21(34)17-9-6-10-19(13-17)35-22(36)16-7-4-3-5-8-16/h3-13H,1-2H3,(H,33,34). The molecule has 1 N–H and O–H groups in total. The molecule has 3 aromatic rings. The number of anilines is 1. The summed E-state index contributed by atoms with van der Waals surface area (Å²) in [5.74, 6) is -0.485. The Hall–Kier alpha value is -3.47. The van der Waals surface area contributed by atoms with Gasteiger partial charge in [0.2, 0.25) is 0 Å². The summed E-state index contributed by atoms with van der Waals surface area (Å²) in [6.45, 7) is 2.33. The topological polar surface area (TPSA) is 38.3 Å². The van der Waals surface area contributed by atoms with Gasteiger partial charge in [0.25, 0.3) is 5.91 Å². The van der Waals surface area contributed by atoms with Crippen molar-refractivity contribution >= 4 is 28.9 Å². The number of aryl methyl sites for hydroxylation is 2. The summed E-state index contributed by atoms with van der Waals surface area (Å²) in [7, 11) is 0. The van der Waals surface area contributed by atoms with Gasteiger partial charge in [0.1, 0.15) is 5.75 Å². The molecule has 3 rings (SSSR count). The number of amides is 1. The molecule has 0 aromatic heterocycles.